The van der Waals surface area contributed by atoms with Crippen molar-refractivity contribution in [2.75, 3.05) is 19.3 Å². The summed E-state index contributed by atoms with van der Waals surface area (Å²) in [6.07, 6.45) is 1.64. The van der Waals surface area contributed by atoms with E-state index in [1.54, 1.807) is 12.1 Å². The molecule has 5 nitrogen and oxygen atoms in total. The summed E-state index contributed by atoms with van der Waals surface area (Å²) in [4.78, 5) is 11.7. The number of rotatable bonds is 7. The van der Waals surface area contributed by atoms with Gasteiger partial charge in [-0.05, 0) is 38.0 Å². The molecule has 0 saturated heterocycles. The van der Waals surface area contributed by atoms with Crippen molar-refractivity contribution in [3.05, 3.63) is 34.9 Å². The average Bonchev–Trinajstić information content (AvgIpc) is 2.34. The van der Waals surface area contributed by atoms with E-state index in [4.69, 9.17) is 11.6 Å². The Balaban J connectivity index is 2.67. The molecule has 21 heavy (non-hydrogen) atoms. The molecule has 0 aliphatic rings. The molecule has 0 spiro atoms. The molecule has 1 aromatic rings. The van der Waals surface area contributed by atoms with Crippen LogP contribution in [0, 0.1) is 0 Å². The Hall–Kier alpha value is -1.11. The van der Waals surface area contributed by atoms with E-state index < -0.39 is 10.0 Å². The number of benzene rings is 1. The maximum atomic E-state index is 11.8. The maximum Gasteiger partial charge on any atom is 0.235 e. The van der Waals surface area contributed by atoms with E-state index in [9.17, 15) is 13.2 Å². The number of halogens is 1. The molecule has 1 N–H and O–H groups in total. The van der Waals surface area contributed by atoms with Crippen molar-refractivity contribution in [1.82, 2.24) is 9.62 Å². The highest BCUT2D eigenvalue weighted by Crippen LogP contribution is 2.11. The SMILES string of the molecule is CC(C)NC(=O)CN(CCc1ccc(Cl)cc1)S(C)(=O)=O. The van der Waals surface area contributed by atoms with Crippen molar-refractivity contribution in [2.45, 2.75) is 26.3 Å². The molecule has 0 unspecified atom stereocenters. The van der Waals surface area contributed by atoms with Gasteiger partial charge in [0.1, 0.15) is 0 Å². The van der Waals surface area contributed by atoms with E-state index in [1.165, 1.54) is 4.31 Å². The Kier molecular flexibility index (Phi) is 6.64. The minimum Gasteiger partial charge on any atom is -0.353 e. The van der Waals surface area contributed by atoms with Crippen LogP contribution in [-0.4, -0.2) is 44.0 Å². The van der Waals surface area contributed by atoms with Gasteiger partial charge in [-0.2, -0.15) is 4.31 Å². The molecular weight excluding hydrogens is 312 g/mol. The van der Waals surface area contributed by atoms with Gasteiger partial charge in [0.25, 0.3) is 0 Å². The Morgan fingerprint density at radius 3 is 2.33 bits per heavy atom. The lowest BCUT2D eigenvalue weighted by atomic mass is 10.1. The summed E-state index contributed by atoms with van der Waals surface area (Å²) in [5, 5.41) is 3.32. The molecule has 0 atom stereocenters. The number of carbonyl (C=O) groups excluding carboxylic acids is 1. The highest BCUT2D eigenvalue weighted by Gasteiger charge is 2.20. The highest BCUT2D eigenvalue weighted by atomic mass is 35.5. The average molecular weight is 333 g/mol. The van der Waals surface area contributed by atoms with E-state index in [2.05, 4.69) is 5.32 Å². The molecular formula is C14H21ClN2O3S. The number of amides is 1. The van der Waals surface area contributed by atoms with Crippen molar-refractivity contribution in [3.63, 3.8) is 0 Å². The van der Waals surface area contributed by atoms with E-state index >= 15 is 0 Å². The standard InChI is InChI=1S/C14H21ClN2O3S/c1-11(2)16-14(18)10-17(21(3,19)20)9-8-12-4-6-13(15)7-5-12/h4-7,11H,8-10H2,1-3H3,(H,16,18). The lowest BCUT2D eigenvalue weighted by molar-refractivity contribution is -0.121. The monoisotopic (exact) mass is 332 g/mol. The Morgan fingerprint density at radius 1 is 1.29 bits per heavy atom. The topological polar surface area (TPSA) is 66.5 Å². The fraction of sp³-hybridized carbons (Fsp3) is 0.500. The molecule has 0 aromatic heterocycles. The fourth-order valence-electron chi connectivity index (χ4n) is 1.79. The molecule has 0 aliphatic carbocycles. The third kappa shape index (κ3) is 6.93. The van der Waals surface area contributed by atoms with Gasteiger partial charge in [-0.15, -0.1) is 0 Å². The minimum atomic E-state index is -3.43. The first-order chi connectivity index (χ1) is 9.68. The summed E-state index contributed by atoms with van der Waals surface area (Å²) in [6.45, 7) is 3.75. The van der Waals surface area contributed by atoms with Gasteiger partial charge in [0.15, 0.2) is 0 Å². The van der Waals surface area contributed by atoms with E-state index in [-0.39, 0.29) is 25.0 Å². The smallest absolute Gasteiger partial charge is 0.235 e. The second-order valence-corrected chi connectivity index (χ2v) is 7.61. The second kappa shape index (κ2) is 7.77. The summed E-state index contributed by atoms with van der Waals surface area (Å²) < 4.78 is 24.7. The van der Waals surface area contributed by atoms with Crippen molar-refractivity contribution < 1.29 is 13.2 Å². The van der Waals surface area contributed by atoms with E-state index in [0.29, 0.717) is 11.4 Å². The van der Waals surface area contributed by atoms with Crippen LogP contribution in [-0.2, 0) is 21.2 Å². The van der Waals surface area contributed by atoms with Crippen LogP contribution in [0.15, 0.2) is 24.3 Å². The summed E-state index contributed by atoms with van der Waals surface area (Å²) in [5.41, 5.74) is 0.970. The highest BCUT2D eigenvalue weighted by molar-refractivity contribution is 7.88. The number of hydrogen-bond acceptors (Lipinski definition) is 3. The molecule has 1 aromatic carbocycles. The zero-order chi connectivity index (χ0) is 16.0. The van der Waals surface area contributed by atoms with Crippen molar-refractivity contribution in [3.8, 4) is 0 Å². The fourth-order valence-corrected chi connectivity index (χ4v) is 2.70. The van der Waals surface area contributed by atoms with Crippen LogP contribution >= 0.6 is 11.6 Å². The molecule has 0 radical (unpaired) electrons. The van der Waals surface area contributed by atoms with Crippen molar-refractivity contribution in [1.29, 1.82) is 0 Å². The van der Waals surface area contributed by atoms with Crippen LogP contribution in [0.5, 0.6) is 0 Å². The van der Waals surface area contributed by atoms with Crippen molar-refractivity contribution in [2.24, 2.45) is 0 Å². The summed E-state index contributed by atoms with van der Waals surface area (Å²) in [6, 6.07) is 7.18. The lowest BCUT2D eigenvalue weighted by Gasteiger charge is -2.20. The second-order valence-electron chi connectivity index (χ2n) is 5.20. The molecule has 0 aliphatic heterocycles. The number of nitrogens with one attached hydrogen (secondary N) is 1. The molecule has 0 bridgehead atoms. The minimum absolute atomic E-state index is 0.0184. The first kappa shape index (κ1) is 17.9. The van der Waals surface area contributed by atoms with Gasteiger partial charge in [-0.3, -0.25) is 4.79 Å². The van der Waals surface area contributed by atoms with Crippen LogP contribution in [0.25, 0.3) is 0 Å². The quantitative estimate of drug-likeness (QED) is 0.826. The first-order valence-electron chi connectivity index (χ1n) is 6.67. The number of hydrogen-bond donors (Lipinski definition) is 1. The van der Waals surface area contributed by atoms with Crippen molar-refractivity contribution >= 4 is 27.5 Å². The third-order valence-electron chi connectivity index (χ3n) is 2.80. The molecule has 7 heteroatoms. The maximum absolute atomic E-state index is 11.8. The molecule has 118 valence electrons. The number of carbonyl (C=O) groups is 1. The van der Waals surface area contributed by atoms with E-state index in [1.807, 2.05) is 26.0 Å². The van der Waals surface area contributed by atoms with Gasteiger partial charge in [-0.25, -0.2) is 8.42 Å². The Morgan fingerprint density at radius 2 is 1.86 bits per heavy atom. The summed E-state index contributed by atoms with van der Waals surface area (Å²) in [5.74, 6) is -0.300. The van der Waals surface area contributed by atoms with Crippen LogP contribution in [0.3, 0.4) is 0 Å². The summed E-state index contributed by atoms with van der Waals surface area (Å²) >= 11 is 5.80. The molecule has 1 amide bonds. The predicted octanol–water partition coefficient (Wildman–Crippen LogP) is 1.67. The van der Waals surface area contributed by atoms with Crippen LogP contribution in [0.1, 0.15) is 19.4 Å². The van der Waals surface area contributed by atoms with E-state index in [0.717, 1.165) is 11.8 Å². The first-order valence-corrected chi connectivity index (χ1v) is 8.90. The Bertz CT molecular complexity index is 570. The van der Waals surface area contributed by atoms with Gasteiger partial charge in [0.05, 0.1) is 12.8 Å². The van der Waals surface area contributed by atoms with Gasteiger partial charge in [0, 0.05) is 17.6 Å². The van der Waals surface area contributed by atoms with Gasteiger partial charge in [0.2, 0.25) is 15.9 Å². The largest absolute Gasteiger partial charge is 0.353 e. The Labute approximate surface area is 131 Å². The van der Waals surface area contributed by atoms with Crippen LogP contribution < -0.4 is 5.32 Å². The van der Waals surface area contributed by atoms with Crippen LogP contribution in [0.4, 0.5) is 0 Å². The zero-order valence-corrected chi connectivity index (χ0v) is 14.0. The zero-order valence-electron chi connectivity index (χ0n) is 12.5. The van der Waals surface area contributed by atoms with Gasteiger partial charge < -0.3 is 5.32 Å². The molecule has 1 rings (SSSR count). The molecule has 0 heterocycles. The normalized spacial score (nSPS) is 11.9. The molecule has 0 saturated carbocycles. The predicted molar refractivity (Wildman–Crippen MR) is 84.9 cm³/mol. The summed E-state index contributed by atoms with van der Waals surface area (Å²) in [7, 11) is -3.43. The molecule has 0 fully saturated rings. The number of sulfonamides is 1. The number of nitrogens with zero attached hydrogens (tertiary/aromatic N) is 1. The lowest BCUT2D eigenvalue weighted by Crippen LogP contribution is -2.43. The third-order valence-corrected chi connectivity index (χ3v) is 4.30. The van der Waals surface area contributed by atoms with Gasteiger partial charge in [-0.1, -0.05) is 23.7 Å². The van der Waals surface area contributed by atoms with Crippen LogP contribution in [0.2, 0.25) is 5.02 Å². The van der Waals surface area contributed by atoms with Gasteiger partial charge >= 0.3 is 0 Å².